The van der Waals surface area contributed by atoms with Crippen LogP contribution >= 0.6 is 11.3 Å². The van der Waals surface area contributed by atoms with E-state index in [1.165, 1.54) is 24.1 Å². The molecule has 2 unspecified atom stereocenters. The Kier molecular flexibility index (Phi) is 4.00. The summed E-state index contributed by atoms with van der Waals surface area (Å²) >= 11 is 1.87. The molecule has 2 heteroatoms. The Bertz CT molecular complexity index is 518. The molecular weight excluding hydrogens is 250 g/mol. The Morgan fingerprint density at radius 3 is 2.95 bits per heavy atom. The first-order valence-electron chi connectivity index (χ1n) is 7.16. The molecule has 2 atom stereocenters. The average Bonchev–Trinajstić information content (AvgIpc) is 2.97. The molecule has 1 heterocycles. The number of thiophene rings is 1. The van der Waals surface area contributed by atoms with E-state index in [-0.39, 0.29) is 0 Å². The SMILES string of the molecule is CNC(Cc1cccs1)C1CCCc2ccccc21. The summed E-state index contributed by atoms with van der Waals surface area (Å²) in [6, 6.07) is 14.0. The van der Waals surface area contributed by atoms with Gasteiger partial charge in [-0.05, 0) is 61.2 Å². The van der Waals surface area contributed by atoms with Gasteiger partial charge in [-0.15, -0.1) is 11.3 Å². The number of fused-ring (bicyclic) bond motifs is 1. The minimum atomic E-state index is 0.556. The maximum Gasteiger partial charge on any atom is 0.0181 e. The first kappa shape index (κ1) is 12.9. The molecule has 1 nitrogen and oxygen atoms in total. The fourth-order valence-electron chi connectivity index (χ4n) is 3.30. The number of likely N-dealkylation sites (N-methyl/N-ethyl adjacent to an activating group) is 1. The number of hydrogen-bond donors (Lipinski definition) is 1. The lowest BCUT2D eigenvalue weighted by atomic mass is 9.78. The minimum absolute atomic E-state index is 0.556. The van der Waals surface area contributed by atoms with Crippen molar-refractivity contribution in [1.29, 1.82) is 0 Å². The van der Waals surface area contributed by atoms with Crippen LogP contribution in [0.15, 0.2) is 41.8 Å². The molecule has 1 aromatic heterocycles. The topological polar surface area (TPSA) is 12.0 Å². The highest BCUT2D eigenvalue weighted by molar-refractivity contribution is 7.09. The molecule has 0 fully saturated rings. The quantitative estimate of drug-likeness (QED) is 0.886. The van der Waals surface area contributed by atoms with Crippen molar-refractivity contribution in [2.45, 2.75) is 37.6 Å². The van der Waals surface area contributed by atoms with Gasteiger partial charge in [0.05, 0.1) is 0 Å². The third kappa shape index (κ3) is 2.75. The van der Waals surface area contributed by atoms with E-state index in [0.29, 0.717) is 12.0 Å². The second-order valence-electron chi connectivity index (χ2n) is 5.38. The van der Waals surface area contributed by atoms with Gasteiger partial charge in [0.15, 0.2) is 0 Å². The highest BCUT2D eigenvalue weighted by atomic mass is 32.1. The second kappa shape index (κ2) is 5.89. The third-order valence-corrected chi connectivity index (χ3v) is 5.17. The summed E-state index contributed by atoms with van der Waals surface area (Å²) in [7, 11) is 2.11. The maximum atomic E-state index is 3.56. The van der Waals surface area contributed by atoms with Gasteiger partial charge in [-0.25, -0.2) is 0 Å². The van der Waals surface area contributed by atoms with Crippen molar-refractivity contribution in [1.82, 2.24) is 5.32 Å². The lowest BCUT2D eigenvalue weighted by molar-refractivity contribution is 0.413. The first-order valence-corrected chi connectivity index (χ1v) is 8.04. The molecule has 0 aliphatic heterocycles. The van der Waals surface area contributed by atoms with Crippen LogP contribution in [0.1, 0.15) is 34.8 Å². The van der Waals surface area contributed by atoms with Crippen LogP contribution in [-0.4, -0.2) is 13.1 Å². The fraction of sp³-hybridized carbons (Fsp3) is 0.412. The van der Waals surface area contributed by atoms with Gasteiger partial charge < -0.3 is 5.32 Å². The Morgan fingerprint density at radius 1 is 1.26 bits per heavy atom. The molecule has 100 valence electrons. The zero-order valence-electron chi connectivity index (χ0n) is 11.4. The van der Waals surface area contributed by atoms with Crippen molar-refractivity contribution in [2.75, 3.05) is 7.05 Å². The molecular formula is C17H21NS. The van der Waals surface area contributed by atoms with Crippen molar-refractivity contribution >= 4 is 11.3 Å². The minimum Gasteiger partial charge on any atom is -0.316 e. The molecule has 1 aromatic carbocycles. The highest BCUT2D eigenvalue weighted by Gasteiger charge is 2.26. The predicted molar refractivity (Wildman–Crippen MR) is 83.0 cm³/mol. The summed E-state index contributed by atoms with van der Waals surface area (Å²) in [6.07, 6.45) is 5.04. The Hall–Kier alpha value is -1.12. The summed E-state index contributed by atoms with van der Waals surface area (Å²) in [4.78, 5) is 1.49. The number of nitrogens with one attached hydrogen (secondary N) is 1. The average molecular weight is 271 g/mol. The Balaban J connectivity index is 1.84. The van der Waals surface area contributed by atoms with Crippen LogP contribution in [0, 0.1) is 0 Å². The van der Waals surface area contributed by atoms with Gasteiger partial charge in [-0.3, -0.25) is 0 Å². The number of rotatable bonds is 4. The molecule has 2 aromatic rings. The Labute approximate surface area is 119 Å². The first-order chi connectivity index (χ1) is 9.38. The standard InChI is InChI=1S/C17H21NS/c1-18-17(12-14-8-5-11-19-14)16-10-4-7-13-6-2-3-9-15(13)16/h2-3,5-6,8-9,11,16-18H,4,7,10,12H2,1H3. The Morgan fingerprint density at radius 2 is 2.16 bits per heavy atom. The molecule has 0 saturated heterocycles. The van der Waals surface area contributed by atoms with Crippen molar-refractivity contribution in [3.63, 3.8) is 0 Å². The van der Waals surface area contributed by atoms with Gasteiger partial charge >= 0.3 is 0 Å². The van der Waals surface area contributed by atoms with Crippen molar-refractivity contribution < 1.29 is 0 Å². The second-order valence-corrected chi connectivity index (χ2v) is 6.41. The highest BCUT2D eigenvalue weighted by Crippen LogP contribution is 2.35. The van der Waals surface area contributed by atoms with Gasteiger partial charge in [0, 0.05) is 10.9 Å². The van der Waals surface area contributed by atoms with E-state index < -0.39 is 0 Å². The summed E-state index contributed by atoms with van der Waals surface area (Å²) in [5.74, 6) is 0.664. The molecule has 1 aliphatic rings. The van der Waals surface area contributed by atoms with Crippen LogP contribution < -0.4 is 5.32 Å². The van der Waals surface area contributed by atoms with Crippen LogP contribution in [0.4, 0.5) is 0 Å². The summed E-state index contributed by atoms with van der Waals surface area (Å²) in [5, 5.41) is 5.74. The van der Waals surface area contributed by atoms with Crippen LogP contribution in [0.2, 0.25) is 0 Å². The number of aryl methyl sites for hydroxylation is 1. The monoisotopic (exact) mass is 271 g/mol. The summed E-state index contributed by atoms with van der Waals surface area (Å²) in [5.41, 5.74) is 3.13. The summed E-state index contributed by atoms with van der Waals surface area (Å²) in [6.45, 7) is 0. The van der Waals surface area contributed by atoms with E-state index in [9.17, 15) is 0 Å². The zero-order chi connectivity index (χ0) is 13.1. The normalized spacial score (nSPS) is 19.9. The largest absolute Gasteiger partial charge is 0.316 e. The van der Waals surface area contributed by atoms with Gasteiger partial charge in [0.1, 0.15) is 0 Å². The number of benzene rings is 1. The van der Waals surface area contributed by atoms with Gasteiger partial charge in [0.2, 0.25) is 0 Å². The molecule has 3 rings (SSSR count). The fourth-order valence-corrected chi connectivity index (χ4v) is 4.07. The van der Waals surface area contributed by atoms with Crippen LogP contribution in [0.3, 0.4) is 0 Å². The van der Waals surface area contributed by atoms with Crippen molar-refractivity contribution in [3.05, 3.63) is 57.8 Å². The number of hydrogen-bond acceptors (Lipinski definition) is 2. The lowest BCUT2D eigenvalue weighted by Crippen LogP contribution is -2.35. The molecule has 0 saturated carbocycles. The van der Waals surface area contributed by atoms with Crippen molar-refractivity contribution in [3.8, 4) is 0 Å². The molecule has 0 spiro atoms. The molecule has 1 aliphatic carbocycles. The van der Waals surface area contributed by atoms with E-state index in [1.807, 2.05) is 11.3 Å². The molecule has 0 bridgehead atoms. The van der Waals surface area contributed by atoms with Gasteiger partial charge in [-0.1, -0.05) is 30.3 Å². The third-order valence-electron chi connectivity index (χ3n) is 4.27. The molecule has 0 amide bonds. The zero-order valence-corrected chi connectivity index (χ0v) is 12.2. The lowest BCUT2D eigenvalue weighted by Gasteiger charge is -2.32. The van der Waals surface area contributed by atoms with Crippen molar-refractivity contribution in [2.24, 2.45) is 0 Å². The van der Waals surface area contributed by atoms with Crippen LogP contribution in [0.25, 0.3) is 0 Å². The maximum absolute atomic E-state index is 3.56. The van der Waals surface area contributed by atoms with Crippen LogP contribution in [-0.2, 0) is 12.8 Å². The van der Waals surface area contributed by atoms with E-state index in [1.54, 1.807) is 11.1 Å². The molecule has 19 heavy (non-hydrogen) atoms. The van der Waals surface area contributed by atoms with E-state index in [2.05, 4.69) is 54.1 Å². The van der Waals surface area contributed by atoms with E-state index >= 15 is 0 Å². The summed E-state index contributed by atoms with van der Waals surface area (Å²) < 4.78 is 0. The molecule has 1 N–H and O–H groups in total. The van der Waals surface area contributed by atoms with E-state index in [4.69, 9.17) is 0 Å². The smallest absolute Gasteiger partial charge is 0.0181 e. The van der Waals surface area contributed by atoms with Crippen LogP contribution in [0.5, 0.6) is 0 Å². The van der Waals surface area contributed by atoms with E-state index in [0.717, 1.165) is 6.42 Å². The van der Waals surface area contributed by atoms with Gasteiger partial charge in [-0.2, -0.15) is 0 Å². The molecule has 0 radical (unpaired) electrons. The van der Waals surface area contributed by atoms with Gasteiger partial charge in [0.25, 0.3) is 0 Å². The predicted octanol–water partition coefficient (Wildman–Crippen LogP) is 4.00.